The summed E-state index contributed by atoms with van der Waals surface area (Å²) in [6.45, 7) is 2.99. The molecule has 4 heteroatoms. The molecule has 1 aliphatic rings. The number of piperidine rings is 1. The van der Waals surface area contributed by atoms with Crippen LogP contribution in [0.4, 0.5) is 11.4 Å². The first-order chi connectivity index (χ1) is 11.3. The SMILES string of the molecule is S=C(NCc1ccccc1)Nc1ccccc1N1CCCCC1. The van der Waals surface area contributed by atoms with Crippen LogP contribution in [0.2, 0.25) is 0 Å². The number of benzene rings is 2. The Kier molecular flexibility index (Phi) is 5.48. The lowest BCUT2D eigenvalue weighted by molar-refractivity contribution is 0.578. The quantitative estimate of drug-likeness (QED) is 0.825. The monoisotopic (exact) mass is 325 g/mol. The summed E-state index contributed by atoms with van der Waals surface area (Å²) < 4.78 is 0. The van der Waals surface area contributed by atoms with Crippen LogP contribution in [0.3, 0.4) is 0 Å². The number of hydrogen-bond acceptors (Lipinski definition) is 2. The van der Waals surface area contributed by atoms with Crippen LogP contribution < -0.4 is 15.5 Å². The highest BCUT2D eigenvalue weighted by Gasteiger charge is 2.14. The Labute approximate surface area is 143 Å². The number of rotatable bonds is 4. The minimum absolute atomic E-state index is 0.665. The van der Waals surface area contributed by atoms with E-state index in [1.54, 1.807) is 0 Å². The molecule has 23 heavy (non-hydrogen) atoms. The number of para-hydroxylation sites is 2. The molecule has 0 saturated carbocycles. The van der Waals surface area contributed by atoms with Crippen LogP contribution in [0.25, 0.3) is 0 Å². The molecule has 2 aromatic rings. The number of nitrogens with zero attached hydrogens (tertiary/aromatic N) is 1. The lowest BCUT2D eigenvalue weighted by Gasteiger charge is -2.30. The molecule has 1 heterocycles. The Bertz CT molecular complexity index is 636. The molecule has 3 rings (SSSR count). The normalized spacial score (nSPS) is 14.3. The predicted octanol–water partition coefficient (Wildman–Crippen LogP) is 4.16. The van der Waals surface area contributed by atoms with E-state index in [4.69, 9.17) is 12.2 Å². The van der Waals surface area contributed by atoms with Crippen LogP contribution in [0.5, 0.6) is 0 Å². The van der Waals surface area contributed by atoms with E-state index in [0.717, 1.165) is 25.3 Å². The molecule has 3 nitrogen and oxygen atoms in total. The highest BCUT2D eigenvalue weighted by molar-refractivity contribution is 7.80. The first kappa shape index (κ1) is 15.8. The van der Waals surface area contributed by atoms with Gasteiger partial charge in [0.2, 0.25) is 0 Å². The molecule has 1 saturated heterocycles. The molecule has 0 spiro atoms. The summed E-state index contributed by atoms with van der Waals surface area (Å²) in [5, 5.41) is 7.30. The van der Waals surface area contributed by atoms with Gasteiger partial charge in [-0.3, -0.25) is 0 Å². The van der Waals surface area contributed by atoms with E-state index < -0.39 is 0 Å². The standard InChI is InChI=1S/C19H23N3S/c23-19(20-15-16-9-3-1-4-10-16)21-17-11-5-6-12-18(17)22-13-7-2-8-14-22/h1,3-6,9-12H,2,7-8,13-15H2,(H2,20,21,23). The van der Waals surface area contributed by atoms with E-state index in [2.05, 4.69) is 51.9 Å². The maximum absolute atomic E-state index is 5.46. The van der Waals surface area contributed by atoms with Crippen molar-refractivity contribution in [1.29, 1.82) is 0 Å². The van der Waals surface area contributed by atoms with Crippen molar-refractivity contribution in [3.8, 4) is 0 Å². The van der Waals surface area contributed by atoms with Gasteiger partial charge in [-0.15, -0.1) is 0 Å². The van der Waals surface area contributed by atoms with Gasteiger partial charge in [-0.2, -0.15) is 0 Å². The number of nitrogens with one attached hydrogen (secondary N) is 2. The average molecular weight is 325 g/mol. The molecule has 120 valence electrons. The second-order valence-corrected chi connectivity index (χ2v) is 6.27. The Morgan fingerprint density at radius 2 is 1.61 bits per heavy atom. The second kappa shape index (κ2) is 7.97. The molecule has 2 N–H and O–H groups in total. The minimum Gasteiger partial charge on any atom is -0.370 e. The van der Waals surface area contributed by atoms with Crippen LogP contribution >= 0.6 is 12.2 Å². The van der Waals surface area contributed by atoms with Gasteiger partial charge < -0.3 is 15.5 Å². The molecule has 0 bridgehead atoms. The summed E-state index contributed by atoms with van der Waals surface area (Å²) in [6.07, 6.45) is 3.87. The second-order valence-electron chi connectivity index (χ2n) is 5.86. The highest BCUT2D eigenvalue weighted by Crippen LogP contribution is 2.28. The van der Waals surface area contributed by atoms with E-state index in [0.29, 0.717) is 5.11 Å². The number of thiocarbonyl (C=S) groups is 1. The zero-order valence-corrected chi connectivity index (χ0v) is 14.1. The Morgan fingerprint density at radius 3 is 2.39 bits per heavy atom. The van der Waals surface area contributed by atoms with Crippen molar-refractivity contribution in [2.75, 3.05) is 23.3 Å². The number of anilines is 2. The molecule has 0 aromatic heterocycles. The molecular formula is C19H23N3S. The Hall–Kier alpha value is -2.07. The van der Waals surface area contributed by atoms with E-state index in [-0.39, 0.29) is 0 Å². The third-order valence-corrected chi connectivity index (χ3v) is 4.39. The topological polar surface area (TPSA) is 27.3 Å². The van der Waals surface area contributed by atoms with E-state index in [1.165, 1.54) is 30.5 Å². The van der Waals surface area contributed by atoms with Crippen LogP contribution in [-0.2, 0) is 6.54 Å². The van der Waals surface area contributed by atoms with Gasteiger partial charge in [0.1, 0.15) is 0 Å². The lowest BCUT2D eigenvalue weighted by Crippen LogP contribution is -2.32. The fourth-order valence-corrected chi connectivity index (χ4v) is 3.12. The van der Waals surface area contributed by atoms with Crippen molar-refractivity contribution < 1.29 is 0 Å². The molecule has 0 atom stereocenters. The summed E-state index contributed by atoms with van der Waals surface area (Å²) in [5.74, 6) is 0. The fraction of sp³-hybridized carbons (Fsp3) is 0.316. The van der Waals surface area contributed by atoms with Gasteiger partial charge >= 0.3 is 0 Å². The largest absolute Gasteiger partial charge is 0.370 e. The molecule has 0 amide bonds. The van der Waals surface area contributed by atoms with Gasteiger partial charge in [0.25, 0.3) is 0 Å². The van der Waals surface area contributed by atoms with Gasteiger partial charge in [0.05, 0.1) is 11.4 Å². The van der Waals surface area contributed by atoms with Crippen molar-refractivity contribution >= 4 is 28.7 Å². The third kappa shape index (κ3) is 4.45. The van der Waals surface area contributed by atoms with Gasteiger partial charge in [-0.05, 0) is 49.2 Å². The smallest absolute Gasteiger partial charge is 0.171 e. The average Bonchev–Trinajstić information content (AvgIpc) is 2.62. The highest BCUT2D eigenvalue weighted by atomic mass is 32.1. The van der Waals surface area contributed by atoms with Crippen LogP contribution in [0.15, 0.2) is 54.6 Å². The van der Waals surface area contributed by atoms with Crippen molar-refractivity contribution in [3.63, 3.8) is 0 Å². The van der Waals surface area contributed by atoms with E-state index >= 15 is 0 Å². The molecule has 1 aliphatic heterocycles. The summed E-state index contributed by atoms with van der Waals surface area (Å²) in [6, 6.07) is 18.7. The molecule has 1 fully saturated rings. The summed E-state index contributed by atoms with van der Waals surface area (Å²) in [5.41, 5.74) is 3.55. The van der Waals surface area contributed by atoms with E-state index in [9.17, 15) is 0 Å². The zero-order valence-electron chi connectivity index (χ0n) is 13.3. The van der Waals surface area contributed by atoms with Crippen molar-refractivity contribution in [1.82, 2.24) is 5.32 Å². The van der Waals surface area contributed by atoms with Crippen molar-refractivity contribution in [2.45, 2.75) is 25.8 Å². The van der Waals surface area contributed by atoms with Gasteiger partial charge in [0.15, 0.2) is 5.11 Å². The third-order valence-electron chi connectivity index (χ3n) is 4.14. The summed E-state index contributed by atoms with van der Waals surface area (Å²) in [4.78, 5) is 2.45. The Morgan fingerprint density at radius 1 is 0.913 bits per heavy atom. The van der Waals surface area contributed by atoms with Crippen molar-refractivity contribution in [3.05, 3.63) is 60.2 Å². The molecular weight excluding hydrogens is 302 g/mol. The lowest BCUT2D eigenvalue weighted by atomic mass is 10.1. The molecule has 0 unspecified atom stereocenters. The molecule has 0 radical (unpaired) electrons. The summed E-state index contributed by atoms with van der Waals surface area (Å²) in [7, 11) is 0. The Balaban J connectivity index is 1.62. The van der Waals surface area contributed by atoms with Crippen LogP contribution in [0, 0.1) is 0 Å². The van der Waals surface area contributed by atoms with E-state index in [1.807, 2.05) is 18.2 Å². The van der Waals surface area contributed by atoms with Crippen LogP contribution in [-0.4, -0.2) is 18.2 Å². The van der Waals surface area contributed by atoms with Gasteiger partial charge in [-0.25, -0.2) is 0 Å². The molecule has 2 aromatic carbocycles. The van der Waals surface area contributed by atoms with Crippen molar-refractivity contribution in [2.24, 2.45) is 0 Å². The number of hydrogen-bond donors (Lipinski definition) is 2. The maximum atomic E-state index is 5.46. The zero-order chi connectivity index (χ0) is 15.9. The minimum atomic E-state index is 0.665. The first-order valence-corrected chi connectivity index (χ1v) is 8.66. The van der Waals surface area contributed by atoms with Gasteiger partial charge in [-0.1, -0.05) is 42.5 Å². The fourth-order valence-electron chi connectivity index (χ4n) is 2.93. The first-order valence-electron chi connectivity index (χ1n) is 8.26. The summed E-state index contributed by atoms with van der Waals surface area (Å²) >= 11 is 5.46. The van der Waals surface area contributed by atoms with Crippen LogP contribution in [0.1, 0.15) is 24.8 Å². The molecule has 0 aliphatic carbocycles. The van der Waals surface area contributed by atoms with Gasteiger partial charge in [0, 0.05) is 19.6 Å². The maximum Gasteiger partial charge on any atom is 0.171 e. The predicted molar refractivity (Wildman–Crippen MR) is 102 cm³/mol.